The molecule has 0 aliphatic carbocycles. The van der Waals surface area contributed by atoms with Gasteiger partial charge in [-0.3, -0.25) is 9.59 Å². The second kappa shape index (κ2) is 7.41. The van der Waals surface area contributed by atoms with Crippen molar-refractivity contribution in [3.8, 4) is 0 Å². The van der Waals surface area contributed by atoms with E-state index in [0.29, 0.717) is 16.4 Å². The van der Waals surface area contributed by atoms with Gasteiger partial charge in [0.15, 0.2) is 5.16 Å². The van der Waals surface area contributed by atoms with E-state index in [1.54, 1.807) is 18.2 Å². The second-order valence-corrected chi connectivity index (χ2v) is 5.11. The number of aromatic nitrogens is 2. The number of methoxy groups -OCH3 is 1. The van der Waals surface area contributed by atoms with Crippen LogP contribution in [-0.4, -0.2) is 34.7 Å². The van der Waals surface area contributed by atoms with Gasteiger partial charge in [0, 0.05) is 18.0 Å². The molecule has 1 heterocycles. The number of nitrogens with one attached hydrogen (secondary N) is 2. The number of esters is 1. The maximum atomic E-state index is 11.9. The van der Waals surface area contributed by atoms with Crippen molar-refractivity contribution < 1.29 is 14.3 Å². The van der Waals surface area contributed by atoms with Crippen molar-refractivity contribution in [3.05, 3.63) is 52.4 Å². The number of hydrogen-bond acceptors (Lipinski definition) is 6. The zero-order valence-corrected chi connectivity index (χ0v) is 12.5. The summed E-state index contributed by atoms with van der Waals surface area (Å²) in [5.74, 6) is -0.676. The van der Waals surface area contributed by atoms with Crippen LogP contribution in [0.5, 0.6) is 0 Å². The minimum atomic E-state index is -0.475. The lowest BCUT2D eigenvalue weighted by molar-refractivity contribution is -0.113. The minimum Gasteiger partial charge on any atom is -0.465 e. The Bertz CT molecular complexity index is 745. The number of benzene rings is 1. The molecule has 0 unspecified atom stereocenters. The Balaban J connectivity index is 1.94. The Kier molecular flexibility index (Phi) is 5.31. The number of nitrogens with zero attached hydrogens (tertiary/aromatic N) is 1. The average molecular weight is 319 g/mol. The van der Waals surface area contributed by atoms with Crippen molar-refractivity contribution in [2.24, 2.45) is 0 Å². The third-order valence-corrected chi connectivity index (χ3v) is 3.44. The summed E-state index contributed by atoms with van der Waals surface area (Å²) in [6.07, 6.45) is 1.37. The fraction of sp³-hybridized carbons (Fsp3) is 0.143. The van der Waals surface area contributed by atoms with Crippen molar-refractivity contribution in [2.45, 2.75) is 5.16 Å². The van der Waals surface area contributed by atoms with E-state index in [1.807, 2.05) is 0 Å². The summed E-state index contributed by atoms with van der Waals surface area (Å²) < 4.78 is 4.62. The predicted octanol–water partition coefficient (Wildman–Crippen LogP) is 1.29. The highest BCUT2D eigenvalue weighted by Crippen LogP contribution is 2.14. The highest BCUT2D eigenvalue weighted by atomic mass is 32.2. The van der Waals surface area contributed by atoms with Gasteiger partial charge in [0.2, 0.25) is 5.91 Å². The lowest BCUT2D eigenvalue weighted by Crippen LogP contribution is -2.15. The van der Waals surface area contributed by atoms with Crippen molar-refractivity contribution >= 4 is 29.3 Å². The quantitative estimate of drug-likeness (QED) is 0.489. The molecular formula is C14H13N3O4S. The summed E-state index contributed by atoms with van der Waals surface area (Å²) >= 11 is 1.11. The Labute approximate surface area is 130 Å². The van der Waals surface area contributed by atoms with Crippen LogP contribution in [0.15, 0.2) is 46.5 Å². The summed E-state index contributed by atoms with van der Waals surface area (Å²) in [6.45, 7) is 0. The van der Waals surface area contributed by atoms with Gasteiger partial charge in [0.05, 0.1) is 18.4 Å². The fourth-order valence-electron chi connectivity index (χ4n) is 1.60. The van der Waals surface area contributed by atoms with Crippen LogP contribution in [-0.2, 0) is 9.53 Å². The molecule has 0 fully saturated rings. The van der Waals surface area contributed by atoms with Gasteiger partial charge in [-0.25, -0.2) is 9.78 Å². The number of amides is 1. The molecule has 0 aliphatic heterocycles. The molecular weight excluding hydrogens is 306 g/mol. The molecule has 8 heteroatoms. The topological polar surface area (TPSA) is 101 Å². The van der Waals surface area contributed by atoms with Gasteiger partial charge >= 0.3 is 5.97 Å². The zero-order chi connectivity index (χ0) is 15.9. The van der Waals surface area contributed by atoms with Crippen LogP contribution in [0, 0.1) is 0 Å². The van der Waals surface area contributed by atoms with Gasteiger partial charge in [0.25, 0.3) is 5.56 Å². The molecule has 0 saturated heterocycles. The van der Waals surface area contributed by atoms with E-state index in [1.165, 1.54) is 25.4 Å². The molecule has 2 rings (SSSR count). The monoisotopic (exact) mass is 319 g/mol. The fourth-order valence-corrected chi connectivity index (χ4v) is 2.25. The van der Waals surface area contributed by atoms with Gasteiger partial charge in [-0.15, -0.1) is 0 Å². The Morgan fingerprint density at radius 1 is 1.36 bits per heavy atom. The first kappa shape index (κ1) is 15.8. The summed E-state index contributed by atoms with van der Waals surface area (Å²) in [5, 5.41) is 3.03. The molecule has 1 amide bonds. The number of hydrogen-bond donors (Lipinski definition) is 2. The summed E-state index contributed by atoms with van der Waals surface area (Å²) in [7, 11) is 1.29. The van der Waals surface area contributed by atoms with Crippen LogP contribution in [0.2, 0.25) is 0 Å². The maximum Gasteiger partial charge on any atom is 0.337 e. The molecule has 1 aromatic heterocycles. The first-order chi connectivity index (χ1) is 10.6. The molecule has 0 atom stereocenters. The lowest BCUT2D eigenvalue weighted by atomic mass is 10.2. The van der Waals surface area contributed by atoms with Crippen molar-refractivity contribution in [2.75, 3.05) is 18.2 Å². The molecule has 114 valence electrons. The van der Waals surface area contributed by atoms with Crippen LogP contribution >= 0.6 is 11.8 Å². The van der Waals surface area contributed by atoms with Crippen molar-refractivity contribution in [3.63, 3.8) is 0 Å². The number of carbonyl (C=O) groups excluding carboxylic acids is 2. The third-order valence-electron chi connectivity index (χ3n) is 2.56. The molecule has 0 saturated carbocycles. The number of aromatic amines is 1. The third kappa shape index (κ3) is 4.45. The Morgan fingerprint density at radius 2 is 2.18 bits per heavy atom. The van der Waals surface area contributed by atoms with Crippen molar-refractivity contribution in [1.29, 1.82) is 0 Å². The molecule has 0 spiro atoms. The number of anilines is 1. The standard InChI is InChI=1S/C14H13N3O4S/c1-21-13(20)9-3-2-4-10(7-9)16-12(19)8-22-14-15-6-5-11(18)17-14/h2-7H,8H2,1H3,(H,16,19)(H,15,17,18). The minimum absolute atomic E-state index is 0.0788. The number of thioether (sulfide) groups is 1. The summed E-state index contributed by atoms with van der Waals surface area (Å²) in [6, 6.07) is 7.72. The predicted molar refractivity (Wildman–Crippen MR) is 82.0 cm³/mol. The normalized spacial score (nSPS) is 10.0. The summed E-state index contributed by atoms with van der Waals surface area (Å²) in [4.78, 5) is 40.8. The Hall–Kier alpha value is -2.61. The number of rotatable bonds is 5. The van der Waals surface area contributed by atoms with Gasteiger partial charge in [-0.05, 0) is 18.2 Å². The molecule has 22 heavy (non-hydrogen) atoms. The van der Waals surface area contributed by atoms with E-state index < -0.39 is 5.97 Å². The molecule has 2 N–H and O–H groups in total. The molecule has 0 bridgehead atoms. The highest BCUT2D eigenvalue weighted by molar-refractivity contribution is 7.99. The molecule has 1 aromatic carbocycles. The summed E-state index contributed by atoms with van der Waals surface area (Å²) in [5.41, 5.74) is 0.564. The van der Waals surface area contributed by atoms with Crippen LogP contribution < -0.4 is 10.9 Å². The number of ether oxygens (including phenoxy) is 1. The van der Waals surface area contributed by atoms with Gasteiger partial charge < -0.3 is 15.0 Å². The van der Waals surface area contributed by atoms with Crippen molar-refractivity contribution in [1.82, 2.24) is 9.97 Å². The van der Waals surface area contributed by atoms with E-state index in [4.69, 9.17) is 0 Å². The smallest absolute Gasteiger partial charge is 0.337 e. The molecule has 2 aromatic rings. The molecule has 7 nitrogen and oxygen atoms in total. The molecule has 0 radical (unpaired) electrons. The highest BCUT2D eigenvalue weighted by Gasteiger charge is 2.08. The first-order valence-electron chi connectivity index (χ1n) is 6.25. The van der Waals surface area contributed by atoms with Crippen LogP contribution in [0.3, 0.4) is 0 Å². The van der Waals surface area contributed by atoms with E-state index in [9.17, 15) is 14.4 Å². The zero-order valence-electron chi connectivity index (χ0n) is 11.7. The van der Waals surface area contributed by atoms with E-state index in [0.717, 1.165) is 11.8 Å². The maximum absolute atomic E-state index is 11.9. The average Bonchev–Trinajstić information content (AvgIpc) is 2.52. The Morgan fingerprint density at radius 3 is 2.91 bits per heavy atom. The first-order valence-corrected chi connectivity index (χ1v) is 7.23. The van der Waals surface area contributed by atoms with Gasteiger partial charge in [0.1, 0.15) is 0 Å². The van der Waals surface area contributed by atoms with E-state index >= 15 is 0 Å². The van der Waals surface area contributed by atoms with E-state index in [2.05, 4.69) is 20.0 Å². The van der Waals surface area contributed by atoms with Crippen LogP contribution in [0.4, 0.5) is 5.69 Å². The van der Waals surface area contributed by atoms with Gasteiger partial charge in [-0.1, -0.05) is 17.8 Å². The SMILES string of the molecule is COC(=O)c1cccc(NC(=O)CSc2nccc(=O)[nH]2)c1. The molecule has 0 aliphatic rings. The van der Waals surface area contributed by atoms with Crippen LogP contribution in [0.25, 0.3) is 0 Å². The van der Waals surface area contributed by atoms with Crippen LogP contribution in [0.1, 0.15) is 10.4 Å². The second-order valence-electron chi connectivity index (χ2n) is 4.15. The largest absolute Gasteiger partial charge is 0.465 e. The lowest BCUT2D eigenvalue weighted by Gasteiger charge is -2.06. The van der Waals surface area contributed by atoms with E-state index in [-0.39, 0.29) is 17.2 Å². The number of carbonyl (C=O) groups is 2. The van der Waals surface area contributed by atoms with Gasteiger partial charge in [-0.2, -0.15) is 0 Å². The number of H-pyrrole nitrogens is 1.